The van der Waals surface area contributed by atoms with E-state index >= 15 is 0 Å². The molecule has 0 aliphatic heterocycles. The minimum atomic E-state index is -0.508. The van der Waals surface area contributed by atoms with Crippen LogP contribution in [0.2, 0.25) is 0 Å². The predicted molar refractivity (Wildman–Crippen MR) is 74.8 cm³/mol. The first-order valence-corrected chi connectivity index (χ1v) is 6.16. The van der Waals surface area contributed by atoms with Crippen molar-refractivity contribution in [2.45, 2.75) is 13.0 Å². The van der Waals surface area contributed by atoms with Crippen LogP contribution in [0.15, 0.2) is 24.3 Å². The number of imide groups is 1. The van der Waals surface area contributed by atoms with Crippen LogP contribution in [0.5, 0.6) is 0 Å². The average Bonchev–Trinajstić information content (AvgIpc) is 2.31. The van der Waals surface area contributed by atoms with Crippen molar-refractivity contribution in [3.05, 3.63) is 27.8 Å². The van der Waals surface area contributed by atoms with E-state index in [0.29, 0.717) is 0 Å². The number of nitrogens with one attached hydrogen (secondary N) is 3. The van der Waals surface area contributed by atoms with Crippen LogP contribution in [0, 0.1) is 3.57 Å². The molecule has 0 aliphatic rings. The minimum Gasteiger partial charge on any atom is -0.373 e. The molecule has 1 aromatic carbocycles. The number of anilines is 1. The Hall–Kier alpha value is -1.31. The zero-order valence-corrected chi connectivity index (χ0v) is 11.7. The van der Waals surface area contributed by atoms with Gasteiger partial charge in [0.1, 0.15) is 6.04 Å². The minimum absolute atomic E-state index is 0.371. The molecule has 17 heavy (non-hydrogen) atoms. The summed E-state index contributed by atoms with van der Waals surface area (Å²) in [6.07, 6.45) is 0. The first kappa shape index (κ1) is 13.8. The Morgan fingerprint density at radius 3 is 2.53 bits per heavy atom. The fraction of sp³-hybridized carbons (Fsp3) is 0.273. The third-order valence-electron chi connectivity index (χ3n) is 2.10. The molecule has 1 aromatic rings. The summed E-state index contributed by atoms with van der Waals surface area (Å²) in [5, 5.41) is 7.58. The van der Waals surface area contributed by atoms with Gasteiger partial charge in [-0.25, -0.2) is 4.79 Å². The Labute approximate surface area is 113 Å². The molecule has 1 atom stereocenters. The Morgan fingerprint density at radius 1 is 1.29 bits per heavy atom. The standard InChI is InChI=1S/C11H14IN3O2/c1-7(10(16)15-11(17)13-2)14-9-6-4-3-5-8(9)12/h3-7,14H,1-2H3,(H2,13,15,16,17). The van der Waals surface area contributed by atoms with Crippen LogP contribution in [0.25, 0.3) is 0 Å². The molecule has 92 valence electrons. The second kappa shape index (κ2) is 6.43. The van der Waals surface area contributed by atoms with Gasteiger partial charge in [0.2, 0.25) is 5.91 Å². The molecule has 1 unspecified atom stereocenters. The van der Waals surface area contributed by atoms with Crippen molar-refractivity contribution in [1.29, 1.82) is 0 Å². The molecule has 0 aromatic heterocycles. The van der Waals surface area contributed by atoms with E-state index in [2.05, 4.69) is 38.5 Å². The highest BCUT2D eigenvalue weighted by atomic mass is 127. The molecule has 0 radical (unpaired) electrons. The van der Waals surface area contributed by atoms with E-state index in [9.17, 15) is 9.59 Å². The van der Waals surface area contributed by atoms with Gasteiger partial charge >= 0.3 is 6.03 Å². The van der Waals surface area contributed by atoms with Crippen molar-refractivity contribution in [2.24, 2.45) is 0 Å². The number of hydrogen-bond donors (Lipinski definition) is 3. The van der Waals surface area contributed by atoms with E-state index in [1.807, 2.05) is 24.3 Å². The van der Waals surface area contributed by atoms with Gasteiger partial charge in [-0.15, -0.1) is 0 Å². The number of halogens is 1. The molecule has 6 heteroatoms. The maximum Gasteiger partial charge on any atom is 0.321 e. The summed E-state index contributed by atoms with van der Waals surface area (Å²) in [7, 11) is 1.46. The van der Waals surface area contributed by atoms with Gasteiger partial charge in [0.05, 0.1) is 0 Å². The highest BCUT2D eigenvalue weighted by molar-refractivity contribution is 14.1. The van der Waals surface area contributed by atoms with Crippen molar-refractivity contribution in [3.63, 3.8) is 0 Å². The van der Waals surface area contributed by atoms with Gasteiger partial charge in [-0.2, -0.15) is 0 Å². The number of benzene rings is 1. The molecule has 0 saturated heterocycles. The lowest BCUT2D eigenvalue weighted by Gasteiger charge is -2.15. The van der Waals surface area contributed by atoms with Crippen LogP contribution in [0.3, 0.4) is 0 Å². The van der Waals surface area contributed by atoms with Crippen molar-refractivity contribution in [2.75, 3.05) is 12.4 Å². The molecule has 0 spiro atoms. The third-order valence-corrected chi connectivity index (χ3v) is 3.04. The maximum atomic E-state index is 11.6. The van der Waals surface area contributed by atoms with Crippen LogP contribution >= 0.6 is 22.6 Å². The monoisotopic (exact) mass is 347 g/mol. The van der Waals surface area contributed by atoms with E-state index < -0.39 is 12.1 Å². The highest BCUT2D eigenvalue weighted by Crippen LogP contribution is 2.17. The van der Waals surface area contributed by atoms with Crippen molar-refractivity contribution in [3.8, 4) is 0 Å². The fourth-order valence-electron chi connectivity index (χ4n) is 1.16. The van der Waals surface area contributed by atoms with Gasteiger partial charge in [0.15, 0.2) is 0 Å². The summed E-state index contributed by atoms with van der Waals surface area (Å²) in [5.74, 6) is -0.371. The van der Waals surface area contributed by atoms with E-state index in [0.717, 1.165) is 9.26 Å². The Morgan fingerprint density at radius 2 is 1.94 bits per heavy atom. The zero-order chi connectivity index (χ0) is 12.8. The predicted octanol–water partition coefficient (Wildman–Crippen LogP) is 1.55. The molecule has 5 nitrogen and oxygen atoms in total. The summed E-state index contributed by atoms with van der Waals surface area (Å²) in [5.41, 5.74) is 0.868. The number of para-hydroxylation sites is 1. The third kappa shape index (κ3) is 4.22. The number of carbonyl (C=O) groups excluding carboxylic acids is 2. The van der Waals surface area contributed by atoms with E-state index in [1.54, 1.807) is 6.92 Å². The van der Waals surface area contributed by atoms with E-state index in [4.69, 9.17) is 0 Å². The number of rotatable bonds is 3. The van der Waals surface area contributed by atoms with Gasteiger partial charge < -0.3 is 10.6 Å². The first-order chi connectivity index (χ1) is 8.04. The Bertz CT molecular complexity index is 423. The van der Waals surface area contributed by atoms with Gasteiger partial charge in [0.25, 0.3) is 0 Å². The molecule has 3 N–H and O–H groups in total. The molecule has 0 saturated carbocycles. The maximum absolute atomic E-state index is 11.6. The fourth-order valence-corrected chi connectivity index (χ4v) is 1.70. The quantitative estimate of drug-likeness (QED) is 0.727. The summed E-state index contributed by atoms with van der Waals surface area (Å²) in [6.45, 7) is 1.70. The lowest BCUT2D eigenvalue weighted by atomic mass is 10.2. The molecular formula is C11H14IN3O2. The van der Waals surface area contributed by atoms with Crippen molar-refractivity contribution < 1.29 is 9.59 Å². The lowest BCUT2D eigenvalue weighted by molar-refractivity contribution is -0.120. The first-order valence-electron chi connectivity index (χ1n) is 5.08. The second-order valence-electron chi connectivity index (χ2n) is 3.41. The van der Waals surface area contributed by atoms with Crippen LogP contribution in [0.1, 0.15) is 6.92 Å². The molecule has 0 heterocycles. The smallest absolute Gasteiger partial charge is 0.321 e. The highest BCUT2D eigenvalue weighted by Gasteiger charge is 2.15. The van der Waals surface area contributed by atoms with Crippen LogP contribution in [0.4, 0.5) is 10.5 Å². The Kier molecular flexibility index (Phi) is 5.20. The molecule has 0 aliphatic carbocycles. The zero-order valence-electron chi connectivity index (χ0n) is 9.58. The van der Waals surface area contributed by atoms with Crippen molar-refractivity contribution >= 4 is 40.2 Å². The average molecular weight is 347 g/mol. The number of hydrogen-bond acceptors (Lipinski definition) is 3. The molecule has 0 fully saturated rings. The Balaban J connectivity index is 2.60. The van der Waals surface area contributed by atoms with E-state index in [1.165, 1.54) is 7.05 Å². The molecular weight excluding hydrogens is 333 g/mol. The summed E-state index contributed by atoms with van der Waals surface area (Å²) in [4.78, 5) is 22.6. The van der Waals surface area contributed by atoms with Gasteiger partial charge in [-0.05, 0) is 41.6 Å². The largest absolute Gasteiger partial charge is 0.373 e. The van der Waals surface area contributed by atoms with Crippen LogP contribution in [-0.4, -0.2) is 25.0 Å². The lowest BCUT2D eigenvalue weighted by Crippen LogP contribution is -2.44. The topological polar surface area (TPSA) is 70.2 Å². The van der Waals surface area contributed by atoms with Crippen molar-refractivity contribution in [1.82, 2.24) is 10.6 Å². The molecule has 1 rings (SSSR count). The summed E-state index contributed by atoms with van der Waals surface area (Å²) >= 11 is 2.18. The van der Waals surface area contributed by atoms with Crippen LogP contribution < -0.4 is 16.0 Å². The van der Waals surface area contributed by atoms with Gasteiger partial charge in [-0.3, -0.25) is 10.1 Å². The number of amides is 3. The van der Waals surface area contributed by atoms with Gasteiger partial charge in [-0.1, -0.05) is 12.1 Å². The second-order valence-corrected chi connectivity index (χ2v) is 4.58. The van der Waals surface area contributed by atoms with Gasteiger partial charge in [0, 0.05) is 16.3 Å². The molecule has 0 bridgehead atoms. The SMILES string of the molecule is CNC(=O)NC(=O)C(C)Nc1ccccc1I. The normalized spacial score (nSPS) is 11.5. The summed E-state index contributed by atoms with van der Waals surface area (Å²) in [6, 6.07) is 6.63. The number of carbonyl (C=O) groups is 2. The van der Waals surface area contributed by atoms with E-state index in [-0.39, 0.29) is 5.91 Å². The number of urea groups is 1. The molecule has 3 amide bonds. The summed E-state index contributed by atoms with van der Waals surface area (Å²) < 4.78 is 1.02. The van der Waals surface area contributed by atoms with Crippen LogP contribution in [-0.2, 0) is 4.79 Å².